The Balaban J connectivity index is 2.54. The molecule has 0 saturated carbocycles. The Labute approximate surface area is 111 Å². The molecule has 0 spiro atoms. The molecular weight excluding hydrogens is 250 g/mol. The lowest BCUT2D eigenvalue weighted by molar-refractivity contribution is -0.121. The van der Waals surface area contributed by atoms with Crippen LogP contribution in [0, 0.1) is 6.92 Å². The molecular formula is C12H19N3O2S. The molecule has 0 bridgehead atoms. The van der Waals surface area contributed by atoms with Crippen LogP contribution in [0.4, 0.5) is 0 Å². The summed E-state index contributed by atoms with van der Waals surface area (Å²) >= 11 is 1.44. The fraction of sp³-hybridized carbons (Fsp3) is 0.583. The predicted molar refractivity (Wildman–Crippen MR) is 71.7 cm³/mol. The summed E-state index contributed by atoms with van der Waals surface area (Å²) in [5.74, 6) is -0.219. The van der Waals surface area contributed by atoms with Gasteiger partial charge < -0.3 is 10.6 Å². The molecule has 100 valence electrons. The van der Waals surface area contributed by atoms with Crippen LogP contribution in [0.15, 0.2) is 5.38 Å². The van der Waals surface area contributed by atoms with E-state index in [1.165, 1.54) is 11.3 Å². The number of amides is 2. The fourth-order valence-electron chi connectivity index (χ4n) is 1.45. The van der Waals surface area contributed by atoms with E-state index in [1.807, 2.05) is 20.8 Å². The molecule has 0 unspecified atom stereocenters. The van der Waals surface area contributed by atoms with Gasteiger partial charge in [0.15, 0.2) is 0 Å². The highest BCUT2D eigenvalue weighted by atomic mass is 32.1. The molecule has 1 aromatic heterocycles. The van der Waals surface area contributed by atoms with E-state index in [4.69, 9.17) is 0 Å². The first-order valence-corrected chi connectivity index (χ1v) is 6.67. The molecule has 0 fully saturated rings. The van der Waals surface area contributed by atoms with Crippen molar-refractivity contribution in [3.05, 3.63) is 16.1 Å². The van der Waals surface area contributed by atoms with Crippen molar-refractivity contribution in [3.63, 3.8) is 0 Å². The van der Waals surface area contributed by atoms with Crippen LogP contribution in [-0.4, -0.2) is 29.4 Å². The number of aryl methyl sites for hydroxylation is 1. The van der Waals surface area contributed by atoms with Crippen LogP contribution in [0.1, 0.15) is 42.2 Å². The van der Waals surface area contributed by atoms with E-state index in [0.29, 0.717) is 18.5 Å². The van der Waals surface area contributed by atoms with E-state index < -0.39 is 5.54 Å². The summed E-state index contributed by atoms with van der Waals surface area (Å²) in [4.78, 5) is 27.2. The first-order chi connectivity index (χ1) is 8.34. The summed E-state index contributed by atoms with van der Waals surface area (Å²) in [6.07, 6.45) is 0.974. The van der Waals surface area contributed by atoms with Crippen molar-refractivity contribution in [1.82, 2.24) is 15.6 Å². The van der Waals surface area contributed by atoms with Gasteiger partial charge >= 0.3 is 0 Å². The molecule has 0 aliphatic carbocycles. The largest absolute Gasteiger partial charge is 0.359 e. The lowest BCUT2D eigenvalue weighted by atomic mass is 9.98. The summed E-state index contributed by atoms with van der Waals surface area (Å²) in [5.41, 5.74) is 0.00622. The predicted octanol–water partition coefficient (Wildman–Crippen LogP) is 1.49. The van der Waals surface area contributed by atoms with Crippen molar-refractivity contribution in [1.29, 1.82) is 0 Å². The second-order valence-electron chi connectivity index (χ2n) is 4.76. The van der Waals surface area contributed by atoms with Crippen molar-refractivity contribution in [2.24, 2.45) is 0 Å². The van der Waals surface area contributed by atoms with Crippen molar-refractivity contribution in [2.75, 3.05) is 7.05 Å². The molecule has 1 heterocycles. The van der Waals surface area contributed by atoms with Crippen molar-refractivity contribution in [2.45, 2.75) is 39.2 Å². The number of nitrogens with one attached hydrogen (secondary N) is 2. The lowest BCUT2D eigenvalue weighted by Gasteiger charge is -2.25. The molecule has 0 aliphatic rings. The number of carbonyl (C=O) groups excluding carboxylic acids is 2. The molecule has 18 heavy (non-hydrogen) atoms. The zero-order valence-corrected chi connectivity index (χ0v) is 12.0. The summed E-state index contributed by atoms with van der Waals surface area (Å²) < 4.78 is 0. The maximum atomic E-state index is 11.9. The number of hydrogen-bond acceptors (Lipinski definition) is 4. The van der Waals surface area contributed by atoms with Crippen LogP contribution in [0.5, 0.6) is 0 Å². The molecule has 2 N–H and O–H groups in total. The van der Waals surface area contributed by atoms with Gasteiger partial charge in [-0.15, -0.1) is 11.3 Å². The summed E-state index contributed by atoms with van der Waals surface area (Å²) in [6, 6.07) is 0. The molecule has 0 saturated heterocycles. The Bertz CT molecular complexity index is 440. The van der Waals surface area contributed by atoms with Gasteiger partial charge in [0.1, 0.15) is 5.69 Å². The van der Waals surface area contributed by atoms with Gasteiger partial charge in [-0.3, -0.25) is 9.59 Å². The SMILES string of the molecule is CNC(=O)CCC(C)(C)NC(=O)c1csc(C)n1. The second-order valence-corrected chi connectivity index (χ2v) is 5.83. The van der Waals surface area contributed by atoms with Gasteiger partial charge in [-0.05, 0) is 27.2 Å². The van der Waals surface area contributed by atoms with Gasteiger partial charge in [-0.2, -0.15) is 0 Å². The summed E-state index contributed by atoms with van der Waals surface area (Å²) in [5, 5.41) is 8.05. The van der Waals surface area contributed by atoms with Crippen molar-refractivity contribution in [3.8, 4) is 0 Å². The first-order valence-electron chi connectivity index (χ1n) is 5.79. The third-order valence-corrected chi connectivity index (χ3v) is 3.33. The van der Waals surface area contributed by atoms with Crippen LogP contribution in [0.25, 0.3) is 0 Å². The van der Waals surface area contributed by atoms with Crippen LogP contribution >= 0.6 is 11.3 Å². The Morgan fingerprint density at radius 3 is 2.61 bits per heavy atom. The minimum Gasteiger partial charge on any atom is -0.359 e. The molecule has 0 radical (unpaired) electrons. The number of hydrogen-bond donors (Lipinski definition) is 2. The monoisotopic (exact) mass is 269 g/mol. The number of rotatable bonds is 5. The average Bonchev–Trinajstić information content (AvgIpc) is 2.72. The second kappa shape index (κ2) is 5.95. The number of thiazole rings is 1. The van der Waals surface area contributed by atoms with Gasteiger partial charge in [0, 0.05) is 24.4 Å². The molecule has 0 aliphatic heterocycles. The minimum atomic E-state index is -0.429. The van der Waals surface area contributed by atoms with Gasteiger partial charge in [-0.25, -0.2) is 4.98 Å². The van der Waals surface area contributed by atoms with Gasteiger partial charge in [-0.1, -0.05) is 0 Å². The van der Waals surface area contributed by atoms with Gasteiger partial charge in [0.05, 0.1) is 5.01 Å². The maximum absolute atomic E-state index is 11.9. The Kier molecular flexibility index (Phi) is 4.84. The standard InChI is InChI=1S/C12H19N3O2S/c1-8-14-9(7-18-8)11(17)15-12(2,3)6-5-10(16)13-4/h7H,5-6H2,1-4H3,(H,13,16)(H,15,17). The maximum Gasteiger partial charge on any atom is 0.271 e. The summed E-state index contributed by atoms with van der Waals surface area (Å²) in [7, 11) is 1.60. The summed E-state index contributed by atoms with van der Waals surface area (Å²) in [6.45, 7) is 5.65. The van der Waals surface area contributed by atoms with Crippen molar-refractivity contribution < 1.29 is 9.59 Å². The Morgan fingerprint density at radius 1 is 1.44 bits per heavy atom. The normalized spacial score (nSPS) is 11.1. The van der Waals surface area contributed by atoms with Crippen molar-refractivity contribution >= 4 is 23.2 Å². The van der Waals surface area contributed by atoms with E-state index in [1.54, 1.807) is 12.4 Å². The van der Waals surface area contributed by atoms with Crippen LogP contribution in [0.2, 0.25) is 0 Å². The Morgan fingerprint density at radius 2 is 2.11 bits per heavy atom. The van der Waals surface area contributed by atoms with E-state index in [2.05, 4.69) is 15.6 Å². The third kappa shape index (κ3) is 4.44. The highest BCUT2D eigenvalue weighted by molar-refractivity contribution is 7.09. The zero-order chi connectivity index (χ0) is 13.8. The molecule has 1 aromatic rings. The van der Waals surface area contributed by atoms with E-state index in [0.717, 1.165) is 5.01 Å². The fourth-order valence-corrected chi connectivity index (χ4v) is 2.05. The molecule has 6 heteroatoms. The lowest BCUT2D eigenvalue weighted by Crippen LogP contribution is -2.44. The van der Waals surface area contributed by atoms with E-state index >= 15 is 0 Å². The quantitative estimate of drug-likeness (QED) is 0.850. The Hall–Kier alpha value is -1.43. The topological polar surface area (TPSA) is 71.1 Å². The highest BCUT2D eigenvalue weighted by Gasteiger charge is 2.23. The van der Waals surface area contributed by atoms with E-state index in [9.17, 15) is 9.59 Å². The highest BCUT2D eigenvalue weighted by Crippen LogP contribution is 2.14. The van der Waals surface area contributed by atoms with Crippen LogP contribution < -0.4 is 10.6 Å². The molecule has 0 atom stereocenters. The minimum absolute atomic E-state index is 0.0261. The smallest absolute Gasteiger partial charge is 0.271 e. The van der Waals surface area contributed by atoms with Crippen LogP contribution in [0.3, 0.4) is 0 Å². The molecule has 0 aromatic carbocycles. The number of carbonyl (C=O) groups is 2. The van der Waals surface area contributed by atoms with Crippen LogP contribution in [-0.2, 0) is 4.79 Å². The third-order valence-electron chi connectivity index (χ3n) is 2.56. The zero-order valence-electron chi connectivity index (χ0n) is 11.2. The molecule has 2 amide bonds. The van der Waals surface area contributed by atoms with E-state index in [-0.39, 0.29) is 11.8 Å². The number of aromatic nitrogens is 1. The molecule has 5 nitrogen and oxygen atoms in total. The molecule has 1 rings (SSSR count). The van der Waals surface area contributed by atoms with Gasteiger partial charge in [0.2, 0.25) is 5.91 Å². The number of nitrogens with zero attached hydrogens (tertiary/aromatic N) is 1. The van der Waals surface area contributed by atoms with Gasteiger partial charge in [0.25, 0.3) is 5.91 Å². The first kappa shape index (κ1) is 14.6. The average molecular weight is 269 g/mol.